The van der Waals surface area contributed by atoms with Crippen LogP contribution in [0.25, 0.3) is 6.08 Å². The number of rotatable bonds is 1. The van der Waals surface area contributed by atoms with E-state index >= 15 is 0 Å². The van der Waals surface area contributed by atoms with Gasteiger partial charge < -0.3 is 19.8 Å². The topological polar surface area (TPSA) is 70.0 Å². The van der Waals surface area contributed by atoms with E-state index in [0.717, 1.165) is 23.2 Å². The first-order valence-electron chi connectivity index (χ1n) is 10.2. The van der Waals surface area contributed by atoms with Crippen molar-refractivity contribution in [3.8, 4) is 11.5 Å². The average molecular weight is 389 g/mol. The summed E-state index contributed by atoms with van der Waals surface area (Å²) in [7, 11) is 2.05. The van der Waals surface area contributed by atoms with E-state index in [4.69, 9.17) is 4.74 Å². The molecule has 148 valence electrons. The average Bonchev–Trinajstić information content (AvgIpc) is 3.07. The Labute approximate surface area is 169 Å². The van der Waals surface area contributed by atoms with Crippen LogP contribution in [0.4, 0.5) is 0 Å². The van der Waals surface area contributed by atoms with E-state index in [1.54, 1.807) is 6.07 Å². The monoisotopic (exact) mass is 389 g/mol. The van der Waals surface area contributed by atoms with E-state index < -0.39 is 17.1 Å². The van der Waals surface area contributed by atoms with Gasteiger partial charge in [-0.05, 0) is 49.7 Å². The highest BCUT2D eigenvalue weighted by Gasteiger charge is 2.73. The van der Waals surface area contributed by atoms with Gasteiger partial charge in [0.2, 0.25) is 0 Å². The van der Waals surface area contributed by atoms with E-state index in [9.17, 15) is 15.0 Å². The Hall–Kier alpha value is -2.63. The molecule has 0 amide bonds. The molecule has 5 nitrogen and oxygen atoms in total. The second-order valence-corrected chi connectivity index (χ2v) is 8.91. The molecular weight excluding hydrogens is 366 g/mol. The van der Waals surface area contributed by atoms with Crippen LogP contribution >= 0.6 is 0 Å². The minimum Gasteiger partial charge on any atom is -0.504 e. The van der Waals surface area contributed by atoms with Crippen molar-refractivity contribution in [1.82, 2.24) is 4.90 Å². The van der Waals surface area contributed by atoms with Crippen LogP contribution in [0.5, 0.6) is 11.5 Å². The lowest BCUT2D eigenvalue weighted by molar-refractivity contribution is -0.175. The molecular formula is C24H23NO4. The summed E-state index contributed by atoms with van der Waals surface area (Å²) in [5.74, 6) is 0.363. The van der Waals surface area contributed by atoms with Gasteiger partial charge in [0.1, 0.15) is 0 Å². The number of nitrogens with zero attached hydrogens (tertiary/aromatic N) is 1. The number of phenolic OH excluding ortho intramolecular Hbond substituents is 1. The highest BCUT2D eigenvalue weighted by molar-refractivity contribution is 6.06. The van der Waals surface area contributed by atoms with Crippen molar-refractivity contribution >= 4 is 11.9 Å². The van der Waals surface area contributed by atoms with Crippen LogP contribution in [0.15, 0.2) is 48.0 Å². The molecule has 2 aliphatic heterocycles. The summed E-state index contributed by atoms with van der Waals surface area (Å²) < 4.78 is 6.17. The number of benzene rings is 2. The fraction of sp³-hybridized carbons (Fsp3) is 0.375. The number of carbonyl (C=O) groups is 1. The molecule has 29 heavy (non-hydrogen) atoms. The molecule has 4 atom stereocenters. The van der Waals surface area contributed by atoms with Gasteiger partial charge in [0.15, 0.2) is 23.4 Å². The maximum absolute atomic E-state index is 13.6. The number of ether oxygens (including phenoxy) is 1. The summed E-state index contributed by atoms with van der Waals surface area (Å²) in [6.45, 7) is 0.784. The second-order valence-electron chi connectivity index (χ2n) is 8.91. The third-order valence-electron chi connectivity index (χ3n) is 7.64. The predicted octanol–water partition coefficient (Wildman–Crippen LogP) is 2.44. The first-order chi connectivity index (χ1) is 14.0. The minimum atomic E-state index is -1.12. The molecule has 1 saturated carbocycles. The number of aromatic hydroxyl groups is 1. The molecule has 0 radical (unpaired) electrons. The minimum absolute atomic E-state index is 0.0497. The molecule has 2 N–H and O–H groups in total. The molecule has 6 rings (SSSR count). The molecule has 2 bridgehead atoms. The van der Waals surface area contributed by atoms with Crippen molar-refractivity contribution in [2.75, 3.05) is 13.6 Å². The van der Waals surface area contributed by atoms with E-state index in [-0.39, 0.29) is 17.6 Å². The number of carbonyl (C=O) groups excluding carboxylic acids is 1. The third-order valence-corrected chi connectivity index (χ3v) is 7.64. The molecule has 1 saturated heterocycles. The van der Waals surface area contributed by atoms with Gasteiger partial charge in [0, 0.05) is 23.6 Å². The Morgan fingerprint density at radius 3 is 2.79 bits per heavy atom. The number of likely N-dealkylation sites (N-methyl/N-ethyl adjacent to an activating group) is 1. The summed E-state index contributed by atoms with van der Waals surface area (Å²) in [5, 5.41) is 22.7. The summed E-state index contributed by atoms with van der Waals surface area (Å²) in [5.41, 5.74) is 1.55. The van der Waals surface area contributed by atoms with Crippen molar-refractivity contribution in [1.29, 1.82) is 0 Å². The van der Waals surface area contributed by atoms with Crippen LogP contribution in [0, 0.1) is 0 Å². The first kappa shape index (κ1) is 17.2. The number of hydrogen-bond donors (Lipinski definition) is 2. The van der Waals surface area contributed by atoms with Crippen LogP contribution in [0.3, 0.4) is 0 Å². The van der Waals surface area contributed by atoms with Crippen LogP contribution in [-0.2, 0) is 16.6 Å². The molecule has 0 unspecified atom stereocenters. The summed E-state index contributed by atoms with van der Waals surface area (Å²) in [6, 6.07) is 13.2. The Balaban J connectivity index is 1.59. The highest BCUT2D eigenvalue weighted by atomic mass is 16.5. The normalized spacial score (nSPS) is 36.1. The van der Waals surface area contributed by atoms with Gasteiger partial charge in [0.25, 0.3) is 0 Å². The van der Waals surface area contributed by atoms with Gasteiger partial charge in [-0.25, -0.2) is 0 Å². The SMILES string of the molecule is CN1CC[C@]23c4c5ccc(O)c4O[C@H]2C(=O)/C(=C/c2ccccc2)C[C@@]3(O)[C@H]1C5. The number of phenols is 1. The Kier molecular flexibility index (Phi) is 3.27. The van der Waals surface area contributed by atoms with E-state index in [2.05, 4.69) is 4.90 Å². The van der Waals surface area contributed by atoms with E-state index in [1.165, 1.54) is 0 Å². The Bertz CT molecular complexity index is 1080. The van der Waals surface area contributed by atoms with E-state index in [0.29, 0.717) is 30.6 Å². The van der Waals surface area contributed by atoms with Gasteiger partial charge in [-0.1, -0.05) is 36.4 Å². The molecule has 4 aliphatic rings. The number of piperidine rings is 1. The zero-order chi connectivity index (χ0) is 20.0. The zero-order valence-corrected chi connectivity index (χ0v) is 16.3. The third kappa shape index (κ3) is 1.95. The lowest BCUT2D eigenvalue weighted by Gasteiger charge is -2.62. The van der Waals surface area contributed by atoms with Gasteiger partial charge in [0.05, 0.1) is 11.0 Å². The van der Waals surface area contributed by atoms with Gasteiger partial charge >= 0.3 is 0 Å². The van der Waals surface area contributed by atoms with Crippen molar-refractivity contribution in [2.45, 2.75) is 42.4 Å². The molecule has 1 spiro atoms. The fourth-order valence-electron chi connectivity index (χ4n) is 6.33. The lowest BCUT2D eigenvalue weighted by atomic mass is 9.48. The largest absolute Gasteiger partial charge is 0.504 e. The molecule has 2 aromatic rings. The summed E-state index contributed by atoms with van der Waals surface area (Å²) in [4.78, 5) is 15.8. The van der Waals surface area contributed by atoms with Crippen molar-refractivity contribution < 1.29 is 19.7 Å². The molecule has 2 fully saturated rings. The lowest BCUT2D eigenvalue weighted by Crippen LogP contribution is -2.76. The standard InChI is InChI=1S/C24H23NO4/c1-25-10-9-23-19-15-7-8-17(26)21(19)29-22(23)20(27)16(11-14-5-3-2-4-6-14)13-24(23,28)18(25)12-15/h2-8,11,18,22,26,28H,9-10,12-13H2,1H3/b16-11+/t18-,22+,23+,24-/m1/s1. The molecule has 2 heterocycles. The smallest absolute Gasteiger partial charge is 0.200 e. The van der Waals surface area contributed by atoms with Gasteiger partial charge in [-0.15, -0.1) is 0 Å². The zero-order valence-electron chi connectivity index (χ0n) is 16.3. The van der Waals surface area contributed by atoms with Crippen LogP contribution in [0.2, 0.25) is 0 Å². The van der Waals surface area contributed by atoms with Gasteiger partial charge in [-0.3, -0.25) is 4.79 Å². The van der Waals surface area contributed by atoms with Crippen LogP contribution < -0.4 is 4.74 Å². The maximum Gasteiger partial charge on any atom is 0.200 e. The predicted molar refractivity (Wildman–Crippen MR) is 108 cm³/mol. The fourth-order valence-corrected chi connectivity index (χ4v) is 6.33. The van der Waals surface area contributed by atoms with E-state index in [1.807, 2.05) is 49.5 Å². The number of ketones is 1. The number of aliphatic hydroxyl groups is 1. The summed E-state index contributed by atoms with van der Waals surface area (Å²) in [6.07, 6.45) is 2.69. The first-order valence-corrected chi connectivity index (χ1v) is 10.2. The molecule has 2 aromatic carbocycles. The quantitative estimate of drug-likeness (QED) is 0.734. The van der Waals surface area contributed by atoms with Crippen molar-refractivity contribution in [2.24, 2.45) is 0 Å². The number of Topliss-reactive ketones (excluding diaryl/α,β-unsaturated/α-hetero) is 1. The van der Waals surface area contributed by atoms with Crippen molar-refractivity contribution in [3.05, 3.63) is 64.7 Å². The summed E-state index contributed by atoms with van der Waals surface area (Å²) >= 11 is 0. The highest BCUT2D eigenvalue weighted by Crippen LogP contribution is 2.65. The Morgan fingerprint density at radius 1 is 1.21 bits per heavy atom. The molecule has 0 aromatic heterocycles. The molecule has 2 aliphatic carbocycles. The van der Waals surface area contributed by atoms with Crippen molar-refractivity contribution in [3.63, 3.8) is 0 Å². The molecule has 5 heteroatoms. The second kappa shape index (κ2) is 5.49. The Morgan fingerprint density at radius 2 is 2.00 bits per heavy atom. The van der Waals surface area contributed by atoms with Crippen LogP contribution in [0.1, 0.15) is 29.5 Å². The van der Waals surface area contributed by atoms with Crippen LogP contribution in [-0.4, -0.2) is 52.2 Å². The maximum atomic E-state index is 13.6. The number of hydrogen-bond acceptors (Lipinski definition) is 5. The number of likely N-dealkylation sites (tertiary alicyclic amines) is 1. The van der Waals surface area contributed by atoms with Gasteiger partial charge in [-0.2, -0.15) is 0 Å².